The first-order valence-electron chi connectivity index (χ1n) is 9.26. The molecule has 0 spiro atoms. The third-order valence-electron chi connectivity index (χ3n) is 4.73. The van der Waals surface area contributed by atoms with Crippen LogP contribution in [0, 0.1) is 61.7 Å². The molecule has 29 heavy (non-hydrogen) atoms. The fourth-order valence-electron chi connectivity index (χ4n) is 3.46. The van der Waals surface area contributed by atoms with Gasteiger partial charge < -0.3 is 4.57 Å². The number of aryl methyl sites for hydroxylation is 2. The molecule has 0 aliphatic heterocycles. The summed E-state index contributed by atoms with van der Waals surface area (Å²) in [6.45, 7) is 4.26. The van der Waals surface area contributed by atoms with E-state index < -0.39 is 0 Å². The summed E-state index contributed by atoms with van der Waals surface area (Å²) in [5.74, 6) is 18.3. The summed E-state index contributed by atoms with van der Waals surface area (Å²) < 4.78 is 2.30. The highest BCUT2D eigenvalue weighted by molar-refractivity contribution is 6.09. The van der Waals surface area contributed by atoms with Gasteiger partial charge in [-0.1, -0.05) is 29.2 Å². The maximum atomic E-state index is 5.04. The van der Waals surface area contributed by atoms with Crippen LogP contribution in [0.2, 0.25) is 0 Å². The lowest BCUT2D eigenvalue weighted by atomic mass is 10.1. The maximum absolute atomic E-state index is 5.04. The van der Waals surface area contributed by atoms with Crippen LogP contribution in [-0.4, -0.2) is 4.57 Å². The van der Waals surface area contributed by atoms with E-state index in [0.29, 0.717) is 0 Å². The number of benzene rings is 3. The normalized spacial score (nSPS) is 9.55. The van der Waals surface area contributed by atoms with Crippen molar-refractivity contribution < 1.29 is 0 Å². The summed E-state index contributed by atoms with van der Waals surface area (Å²) in [6, 6.07) is 21.4. The van der Waals surface area contributed by atoms with E-state index in [1.165, 1.54) is 32.9 Å². The molecule has 1 nitrogen and oxygen atoms in total. The predicted octanol–water partition coefficient (Wildman–Crippen LogP) is 5.39. The molecule has 0 bridgehead atoms. The molecule has 0 aliphatic rings. The maximum Gasteiger partial charge on any atom is 0.0541 e. The number of hydrogen-bond donors (Lipinski definition) is 0. The predicted molar refractivity (Wildman–Crippen MR) is 122 cm³/mol. The topological polar surface area (TPSA) is 4.93 Å². The van der Waals surface area contributed by atoms with Gasteiger partial charge in [0.25, 0.3) is 0 Å². The molecule has 0 atom stereocenters. The van der Waals surface area contributed by atoms with Crippen LogP contribution in [0.3, 0.4) is 0 Å². The number of fused-ring (bicyclic) bond motifs is 3. The first-order chi connectivity index (χ1) is 14.2. The zero-order valence-electron chi connectivity index (χ0n) is 16.3. The van der Waals surface area contributed by atoms with Gasteiger partial charge in [-0.25, -0.2) is 0 Å². The van der Waals surface area contributed by atoms with E-state index in [2.05, 4.69) is 108 Å². The lowest BCUT2D eigenvalue weighted by molar-refractivity contribution is 1.18. The second kappa shape index (κ2) is 7.75. The van der Waals surface area contributed by atoms with Crippen molar-refractivity contribution in [2.24, 2.45) is 0 Å². The molecule has 0 saturated carbocycles. The Bertz CT molecular complexity index is 1410. The third-order valence-corrected chi connectivity index (χ3v) is 4.73. The molecule has 3 aromatic carbocycles. The molecule has 134 valence electrons. The summed E-state index contributed by atoms with van der Waals surface area (Å²) in [7, 11) is 0. The van der Waals surface area contributed by atoms with E-state index in [4.69, 9.17) is 6.42 Å². The zero-order valence-corrected chi connectivity index (χ0v) is 16.3. The van der Waals surface area contributed by atoms with Gasteiger partial charge in [-0.15, -0.1) is 6.42 Å². The van der Waals surface area contributed by atoms with Crippen LogP contribution in [0.4, 0.5) is 0 Å². The Kier molecular flexibility index (Phi) is 4.83. The molecule has 1 heterocycles. The van der Waals surface area contributed by atoms with Gasteiger partial charge in [0, 0.05) is 22.0 Å². The average Bonchev–Trinajstić information content (AvgIpc) is 3.04. The van der Waals surface area contributed by atoms with Crippen LogP contribution < -0.4 is 0 Å². The van der Waals surface area contributed by atoms with Crippen molar-refractivity contribution in [2.45, 2.75) is 13.8 Å². The molecule has 0 saturated heterocycles. The lowest BCUT2D eigenvalue weighted by Crippen LogP contribution is -1.93. The van der Waals surface area contributed by atoms with Gasteiger partial charge in [0.15, 0.2) is 0 Å². The summed E-state index contributed by atoms with van der Waals surface area (Å²) in [6.07, 6.45) is 5.04. The van der Waals surface area contributed by atoms with Crippen molar-refractivity contribution in [3.8, 4) is 53.6 Å². The Morgan fingerprint density at radius 3 is 1.79 bits per heavy atom. The molecule has 1 heteroatoms. The molecular weight excluding hydrogens is 350 g/mol. The molecule has 1 aromatic heterocycles. The van der Waals surface area contributed by atoms with E-state index in [1.807, 2.05) is 12.1 Å². The Labute approximate surface area is 171 Å². The summed E-state index contributed by atoms with van der Waals surface area (Å²) in [5, 5.41) is 2.55. The van der Waals surface area contributed by atoms with Crippen molar-refractivity contribution in [1.29, 1.82) is 0 Å². The minimum Gasteiger partial charge on any atom is -0.309 e. The summed E-state index contributed by atoms with van der Waals surface area (Å²) in [5.41, 5.74) is 6.93. The van der Waals surface area contributed by atoms with Crippen LogP contribution in [0.5, 0.6) is 0 Å². The number of rotatable bonds is 1. The summed E-state index contributed by atoms with van der Waals surface area (Å²) in [4.78, 5) is 0. The van der Waals surface area contributed by atoms with Crippen LogP contribution >= 0.6 is 0 Å². The number of aromatic nitrogens is 1. The van der Waals surface area contributed by atoms with Gasteiger partial charge in [0.05, 0.1) is 11.0 Å². The molecule has 0 fully saturated rings. The smallest absolute Gasteiger partial charge is 0.0541 e. The van der Waals surface area contributed by atoms with Crippen molar-refractivity contribution in [3.05, 3.63) is 77.4 Å². The first kappa shape index (κ1) is 18.1. The van der Waals surface area contributed by atoms with Crippen molar-refractivity contribution >= 4 is 21.8 Å². The average molecular weight is 367 g/mol. The molecular formula is C28H17N. The standard InChI is InChI=1S/C28H17N/c1-4-5-6-7-8-9-10-23-13-15-24(16-14-23)29-27-17-11-21(2)19-25(27)26-20-22(3)12-18-28(26)29/h1,11-20H,2-3H3. The second-order valence-electron chi connectivity index (χ2n) is 6.82. The van der Waals surface area contributed by atoms with E-state index in [-0.39, 0.29) is 0 Å². The molecule has 0 N–H and O–H groups in total. The van der Waals surface area contributed by atoms with Crippen molar-refractivity contribution in [2.75, 3.05) is 0 Å². The Hall–Kier alpha value is -4.30. The highest BCUT2D eigenvalue weighted by Gasteiger charge is 2.12. The monoisotopic (exact) mass is 367 g/mol. The van der Waals surface area contributed by atoms with E-state index in [1.54, 1.807) is 0 Å². The minimum atomic E-state index is 0.903. The quantitative estimate of drug-likeness (QED) is 0.397. The highest BCUT2D eigenvalue weighted by Crippen LogP contribution is 2.33. The van der Waals surface area contributed by atoms with Gasteiger partial charge >= 0.3 is 0 Å². The number of hydrogen-bond acceptors (Lipinski definition) is 0. The molecule has 0 amide bonds. The van der Waals surface area contributed by atoms with Gasteiger partial charge in [-0.3, -0.25) is 0 Å². The van der Waals surface area contributed by atoms with Crippen molar-refractivity contribution in [1.82, 2.24) is 4.57 Å². The van der Waals surface area contributed by atoms with E-state index in [9.17, 15) is 0 Å². The second-order valence-corrected chi connectivity index (χ2v) is 6.82. The molecule has 0 aliphatic carbocycles. The Morgan fingerprint density at radius 2 is 1.21 bits per heavy atom. The van der Waals surface area contributed by atoms with Crippen LogP contribution in [-0.2, 0) is 0 Å². The fourth-order valence-corrected chi connectivity index (χ4v) is 3.46. The summed E-state index contributed by atoms with van der Waals surface area (Å²) >= 11 is 0. The van der Waals surface area contributed by atoms with Gasteiger partial charge in [0.1, 0.15) is 0 Å². The third kappa shape index (κ3) is 3.60. The highest BCUT2D eigenvalue weighted by atomic mass is 15.0. The van der Waals surface area contributed by atoms with Gasteiger partial charge in [-0.2, -0.15) is 0 Å². The van der Waals surface area contributed by atoms with E-state index in [0.717, 1.165) is 11.3 Å². The molecule has 0 radical (unpaired) electrons. The largest absolute Gasteiger partial charge is 0.309 e. The SMILES string of the molecule is C#CC#CC#CC#Cc1ccc(-n2c3ccc(C)cc3c3cc(C)ccc32)cc1. The lowest BCUT2D eigenvalue weighted by Gasteiger charge is -2.08. The van der Waals surface area contributed by atoms with Crippen molar-refractivity contribution in [3.63, 3.8) is 0 Å². The number of terminal acetylenes is 1. The Balaban J connectivity index is 1.80. The number of nitrogens with zero attached hydrogens (tertiary/aromatic N) is 1. The molecule has 4 aromatic rings. The van der Waals surface area contributed by atoms with Crippen LogP contribution in [0.25, 0.3) is 27.5 Å². The zero-order chi connectivity index (χ0) is 20.2. The first-order valence-corrected chi connectivity index (χ1v) is 9.26. The molecule has 0 unspecified atom stereocenters. The Morgan fingerprint density at radius 1 is 0.655 bits per heavy atom. The molecule has 4 rings (SSSR count). The fraction of sp³-hybridized carbons (Fsp3) is 0.0714. The van der Waals surface area contributed by atoms with Crippen LogP contribution in [0.15, 0.2) is 60.7 Å². The van der Waals surface area contributed by atoms with Crippen LogP contribution in [0.1, 0.15) is 16.7 Å². The van der Waals surface area contributed by atoms with Gasteiger partial charge in [-0.05, 0) is 97.9 Å². The van der Waals surface area contributed by atoms with E-state index >= 15 is 0 Å². The van der Waals surface area contributed by atoms with Gasteiger partial charge in [0.2, 0.25) is 0 Å². The minimum absolute atomic E-state index is 0.903.